The third-order valence-corrected chi connectivity index (χ3v) is 13.5. The van der Waals surface area contributed by atoms with Crippen LogP contribution in [0.25, 0.3) is 0 Å². The van der Waals surface area contributed by atoms with Crippen molar-refractivity contribution >= 4 is 5.91 Å². The standard InChI is InChI=1S/C68H105NO13/c1-3-5-7-9-11-13-14-15-16-17-18-19-20-21-22-23-24-25-26-27-28-29-30-31-32-33-34-35-36-37-38-39-40-41-42-44-46-48-50-52-60(73)69-56(57(72)51-49-47-45-43-12-10-8-6-4-2)55-79-67-65(78)63(76)66(59(54-71)81-67)82-68-64(77)62(75)61(74)58(53-70)80-68/h4-7,11-13,15-16,18-19,21-22,24-25,27-28,30-31,33-34,36-37,39-40,43,49,51,56-59,61-68,70-72,74-78H,3,8-10,14,17,20,23,26,29,32,35,38,41-42,44-48,50,52-55H2,1-2H3,(H,69,73)/b6-4+,7-5-,13-11-,16-15-,19-18-,22-21-,25-24-,28-27-,31-30-,34-33-,37-36-,40-39-,43-12+,51-49+. The van der Waals surface area contributed by atoms with Crippen LogP contribution in [0.5, 0.6) is 0 Å². The van der Waals surface area contributed by atoms with Gasteiger partial charge < -0.3 is 65.1 Å². The summed E-state index contributed by atoms with van der Waals surface area (Å²) in [6, 6.07) is -0.959. The zero-order valence-electron chi connectivity index (χ0n) is 49.4. The maximum atomic E-state index is 13.2. The Bertz CT molecular complexity index is 2030. The highest BCUT2D eigenvalue weighted by Gasteiger charge is 2.51. The van der Waals surface area contributed by atoms with Gasteiger partial charge in [0.05, 0.1) is 32.0 Å². The molecule has 0 aromatic heterocycles. The van der Waals surface area contributed by atoms with E-state index in [2.05, 4.69) is 164 Å². The first-order valence-electron chi connectivity index (χ1n) is 30.3. The Labute approximate surface area is 492 Å². The second-order valence-electron chi connectivity index (χ2n) is 20.4. The maximum Gasteiger partial charge on any atom is 0.220 e. The number of nitrogens with one attached hydrogen (secondary N) is 1. The highest BCUT2D eigenvalue weighted by atomic mass is 16.7. The average Bonchev–Trinajstić information content (AvgIpc) is 3.24. The quantitative estimate of drug-likeness (QED) is 0.0205. The number of rotatable bonds is 45. The van der Waals surface area contributed by atoms with Crippen LogP contribution in [0.4, 0.5) is 0 Å². The van der Waals surface area contributed by atoms with Gasteiger partial charge in [-0.3, -0.25) is 4.79 Å². The molecule has 2 aliphatic rings. The molecule has 0 radical (unpaired) electrons. The van der Waals surface area contributed by atoms with Crippen LogP contribution >= 0.6 is 0 Å². The first kappa shape index (κ1) is 73.5. The number of amides is 1. The number of hydrogen-bond acceptors (Lipinski definition) is 13. The van der Waals surface area contributed by atoms with E-state index in [1.54, 1.807) is 6.08 Å². The molecule has 2 saturated heterocycles. The Morgan fingerprint density at radius 3 is 1.34 bits per heavy atom. The van der Waals surface area contributed by atoms with Crippen molar-refractivity contribution in [3.05, 3.63) is 170 Å². The molecule has 9 N–H and O–H groups in total. The van der Waals surface area contributed by atoms with E-state index in [1.807, 2.05) is 19.1 Å². The molecule has 460 valence electrons. The van der Waals surface area contributed by atoms with E-state index in [9.17, 15) is 45.6 Å². The van der Waals surface area contributed by atoms with Crippen LogP contribution < -0.4 is 5.32 Å². The normalized spacial score (nSPS) is 25.2. The van der Waals surface area contributed by atoms with E-state index in [4.69, 9.17) is 18.9 Å². The molecule has 0 saturated carbocycles. The molecule has 0 aromatic rings. The Morgan fingerprint density at radius 2 is 0.866 bits per heavy atom. The summed E-state index contributed by atoms with van der Waals surface area (Å²) in [7, 11) is 0. The highest BCUT2D eigenvalue weighted by molar-refractivity contribution is 5.76. The fourth-order valence-electron chi connectivity index (χ4n) is 8.63. The molecule has 2 aliphatic heterocycles. The summed E-state index contributed by atoms with van der Waals surface area (Å²) in [6.07, 6.45) is 63.0. The lowest BCUT2D eigenvalue weighted by Crippen LogP contribution is -2.65. The summed E-state index contributed by atoms with van der Waals surface area (Å²) in [5.74, 6) is -0.285. The zero-order chi connectivity index (χ0) is 59.5. The second kappa shape index (κ2) is 50.8. The van der Waals surface area contributed by atoms with Crippen LogP contribution in [0.3, 0.4) is 0 Å². The first-order chi connectivity index (χ1) is 40.1. The zero-order valence-corrected chi connectivity index (χ0v) is 49.4. The summed E-state index contributed by atoms with van der Waals surface area (Å²) >= 11 is 0. The Kier molecular flexibility index (Phi) is 45.5. The van der Waals surface area contributed by atoms with Gasteiger partial charge in [-0.1, -0.05) is 196 Å². The highest BCUT2D eigenvalue weighted by Crippen LogP contribution is 2.30. The summed E-state index contributed by atoms with van der Waals surface area (Å²) in [4.78, 5) is 13.2. The number of carbonyl (C=O) groups is 1. The van der Waals surface area contributed by atoms with E-state index < -0.39 is 86.8 Å². The number of hydrogen-bond donors (Lipinski definition) is 9. The van der Waals surface area contributed by atoms with Crippen molar-refractivity contribution in [1.29, 1.82) is 0 Å². The minimum Gasteiger partial charge on any atom is -0.394 e. The fourth-order valence-corrected chi connectivity index (χ4v) is 8.63. The molecule has 1 amide bonds. The predicted molar refractivity (Wildman–Crippen MR) is 331 cm³/mol. The smallest absolute Gasteiger partial charge is 0.220 e. The van der Waals surface area contributed by atoms with Gasteiger partial charge in [0.1, 0.15) is 48.8 Å². The van der Waals surface area contributed by atoms with Gasteiger partial charge in [-0.25, -0.2) is 0 Å². The molecular formula is C68H105NO13. The summed E-state index contributed by atoms with van der Waals surface area (Å²) in [5.41, 5.74) is 0. The van der Waals surface area contributed by atoms with E-state index in [-0.39, 0.29) is 18.9 Å². The minimum atomic E-state index is -1.80. The van der Waals surface area contributed by atoms with Crippen LogP contribution in [0.15, 0.2) is 170 Å². The molecule has 82 heavy (non-hydrogen) atoms. The Balaban J connectivity index is 1.64. The molecule has 12 atom stereocenters. The number of unbranched alkanes of at least 4 members (excludes halogenated alkanes) is 7. The molecule has 0 spiro atoms. The van der Waals surface area contributed by atoms with Crippen molar-refractivity contribution in [2.24, 2.45) is 0 Å². The third kappa shape index (κ3) is 35.5. The molecule has 0 aromatic carbocycles. The van der Waals surface area contributed by atoms with Gasteiger partial charge in [-0.05, 0) is 122 Å². The monoisotopic (exact) mass is 1140 g/mol. The minimum absolute atomic E-state index is 0.234. The van der Waals surface area contributed by atoms with Crippen LogP contribution in [-0.4, -0.2) is 140 Å². The number of aliphatic hydroxyl groups excluding tert-OH is 8. The molecule has 14 nitrogen and oxygen atoms in total. The molecule has 0 bridgehead atoms. The van der Waals surface area contributed by atoms with Gasteiger partial charge in [0.2, 0.25) is 5.91 Å². The summed E-state index contributed by atoms with van der Waals surface area (Å²) < 4.78 is 22.6. The topological polar surface area (TPSA) is 228 Å². The van der Waals surface area contributed by atoms with Crippen LogP contribution in [-0.2, 0) is 23.7 Å². The Morgan fingerprint density at radius 1 is 0.463 bits per heavy atom. The van der Waals surface area contributed by atoms with Crippen molar-refractivity contribution in [3.8, 4) is 0 Å². The van der Waals surface area contributed by atoms with Gasteiger partial charge in [0.15, 0.2) is 12.6 Å². The lowest BCUT2D eigenvalue weighted by atomic mass is 9.97. The van der Waals surface area contributed by atoms with Crippen molar-refractivity contribution in [3.63, 3.8) is 0 Å². The lowest BCUT2D eigenvalue weighted by Gasteiger charge is -2.46. The number of allylic oxidation sites excluding steroid dienone is 27. The Hall–Kier alpha value is -4.65. The van der Waals surface area contributed by atoms with Crippen molar-refractivity contribution in [1.82, 2.24) is 5.32 Å². The molecule has 12 unspecified atom stereocenters. The van der Waals surface area contributed by atoms with Crippen molar-refractivity contribution < 1.29 is 64.6 Å². The summed E-state index contributed by atoms with van der Waals surface area (Å²) in [6.45, 7) is 2.36. The molecule has 2 fully saturated rings. The molecule has 14 heteroatoms. The predicted octanol–water partition coefficient (Wildman–Crippen LogP) is 10.9. The van der Waals surface area contributed by atoms with Crippen LogP contribution in [0.1, 0.15) is 155 Å². The fraction of sp³-hybridized carbons (Fsp3) is 0.574. The van der Waals surface area contributed by atoms with Crippen molar-refractivity contribution in [2.75, 3.05) is 19.8 Å². The van der Waals surface area contributed by atoms with E-state index in [1.165, 1.54) is 0 Å². The molecule has 2 heterocycles. The molecule has 0 aliphatic carbocycles. The largest absolute Gasteiger partial charge is 0.394 e. The van der Waals surface area contributed by atoms with Crippen molar-refractivity contribution in [2.45, 2.75) is 229 Å². The lowest BCUT2D eigenvalue weighted by molar-refractivity contribution is -0.359. The third-order valence-electron chi connectivity index (χ3n) is 13.5. The van der Waals surface area contributed by atoms with Gasteiger partial charge in [-0.15, -0.1) is 0 Å². The molecule has 2 rings (SSSR count). The van der Waals surface area contributed by atoms with Gasteiger partial charge >= 0.3 is 0 Å². The van der Waals surface area contributed by atoms with Crippen LogP contribution in [0.2, 0.25) is 0 Å². The number of ether oxygens (including phenoxy) is 4. The SMILES string of the molecule is C/C=C/CC/C=C/CC/C=C/C(O)C(COC1OC(CO)C(OC2OC(CO)C(O)C(O)C2O)C(O)C1O)NC(=O)CCCCCCC/C=C\C/C=C\C/C=C\C/C=C\C/C=C\C/C=C\C/C=C\C/C=C\C/C=C\C/C=C\C/C=C\CC. The maximum absolute atomic E-state index is 13.2. The van der Waals surface area contributed by atoms with Crippen LogP contribution in [0, 0.1) is 0 Å². The van der Waals surface area contributed by atoms with Gasteiger partial charge in [-0.2, -0.15) is 0 Å². The van der Waals surface area contributed by atoms with Gasteiger partial charge in [0.25, 0.3) is 0 Å². The first-order valence-corrected chi connectivity index (χ1v) is 30.3. The number of aliphatic hydroxyl groups is 8. The van der Waals surface area contributed by atoms with E-state index >= 15 is 0 Å². The van der Waals surface area contributed by atoms with E-state index in [0.717, 1.165) is 122 Å². The number of carbonyl (C=O) groups excluding carboxylic acids is 1. The molecular weight excluding hydrogens is 1040 g/mol. The van der Waals surface area contributed by atoms with E-state index in [0.29, 0.717) is 12.8 Å². The average molecular weight is 1140 g/mol. The van der Waals surface area contributed by atoms with Gasteiger partial charge in [0, 0.05) is 6.42 Å². The second-order valence-corrected chi connectivity index (χ2v) is 20.4. The summed E-state index contributed by atoms with van der Waals surface area (Å²) in [5, 5.41) is 86.7.